The molecule has 6 nitrogen and oxygen atoms in total. The number of rotatable bonds is 6. The first kappa shape index (κ1) is 20.5. The van der Waals surface area contributed by atoms with Crippen molar-refractivity contribution in [2.24, 2.45) is 0 Å². The van der Waals surface area contributed by atoms with E-state index in [1.807, 2.05) is 6.92 Å². The van der Waals surface area contributed by atoms with Gasteiger partial charge < -0.3 is 14.8 Å². The molecule has 7 heteroatoms. The minimum absolute atomic E-state index is 0.0284. The zero-order chi connectivity index (χ0) is 20.3. The van der Waals surface area contributed by atoms with Crippen molar-refractivity contribution < 1.29 is 14.6 Å². The summed E-state index contributed by atoms with van der Waals surface area (Å²) in [6, 6.07) is 7.29. The number of β-amino-alcohol motifs (C(OH)–C–C–N with tert-alkyl or cyclic N) is 1. The molecule has 1 saturated heterocycles. The molecule has 3 rings (SSSR count). The van der Waals surface area contributed by atoms with Gasteiger partial charge in [-0.15, -0.1) is 0 Å². The topological polar surface area (TPSA) is 68.9 Å². The minimum Gasteiger partial charge on any atom is -0.507 e. The number of hydrogen-bond donors (Lipinski definition) is 2. The molecule has 2 N–H and O–H groups in total. The largest absolute Gasteiger partial charge is 0.507 e. The Morgan fingerprint density at radius 2 is 1.79 bits per heavy atom. The second-order valence-electron chi connectivity index (χ2n) is 7.19. The summed E-state index contributed by atoms with van der Waals surface area (Å²) >= 11 is 0. The van der Waals surface area contributed by atoms with Gasteiger partial charge in [-0.1, -0.05) is 12.1 Å². The van der Waals surface area contributed by atoms with E-state index in [0.29, 0.717) is 37.4 Å². The zero-order valence-corrected chi connectivity index (χ0v) is 16.4. The van der Waals surface area contributed by atoms with E-state index in [2.05, 4.69) is 9.80 Å². The number of halogens is 1. The summed E-state index contributed by atoms with van der Waals surface area (Å²) in [5.41, 5.74) is 1.59. The lowest BCUT2D eigenvalue weighted by molar-refractivity contribution is 0.0932. The Morgan fingerprint density at radius 1 is 1.14 bits per heavy atom. The number of nitrogens with zero attached hydrogens (tertiary/aromatic N) is 3. The molecule has 1 aliphatic heterocycles. The molecule has 1 aromatic heterocycles. The molecule has 2 heterocycles. The maximum Gasteiger partial charge on any atom is 0.259 e. The number of pyridine rings is 1. The van der Waals surface area contributed by atoms with Crippen molar-refractivity contribution in [1.82, 2.24) is 14.4 Å². The first-order chi connectivity index (χ1) is 13.5. The van der Waals surface area contributed by atoms with Crippen molar-refractivity contribution in [3.05, 3.63) is 63.3 Å². The van der Waals surface area contributed by atoms with Crippen LogP contribution in [0.2, 0.25) is 0 Å². The van der Waals surface area contributed by atoms with E-state index in [9.17, 15) is 14.3 Å². The number of aromatic nitrogens is 1. The fourth-order valence-electron chi connectivity index (χ4n) is 4.01. The Morgan fingerprint density at radius 3 is 2.36 bits per heavy atom. The van der Waals surface area contributed by atoms with Gasteiger partial charge in [-0.05, 0) is 37.6 Å². The second kappa shape index (κ2) is 8.86. The summed E-state index contributed by atoms with van der Waals surface area (Å²) in [7, 11) is 0. The van der Waals surface area contributed by atoms with E-state index in [4.69, 9.17) is 5.11 Å². The van der Waals surface area contributed by atoms with Crippen LogP contribution in [0.3, 0.4) is 0 Å². The van der Waals surface area contributed by atoms with E-state index in [0.717, 1.165) is 18.7 Å². The Kier molecular flexibility index (Phi) is 6.49. The van der Waals surface area contributed by atoms with E-state index in [1.165, 1.54) is 12.1 Å². The van der Waals surface area contributed by atoms with Crippen molar-refractivity contribution in [3.63, 3.8) is 0 Å². The van der Waals surface area contributed by atoms with Gasteiger partial charge in [0.2, 0.25) is 0 Å². The molecule has 0 spiro atoms. The Balaban J connectivity index is 2.06. The highest BCUT2D eigenvalue weighted by atomic mass is 19.1. The van der Waals surface area contributed by atoms with Gasteiger partial charge in [0.05, 0.1) is 18.2 Å². The average Bonchev–Trinajstić information content (AvgIpc) is 2.67. The number of benzene rings is 1. The third-order valence-electron chi connectivity index (χ3n) is 5.49. The van der Waals surface area contributed by atoms with Gasteiger partial charge in [-0.25, -0.2) is 4.39 Å². The molecule has 0 saturated carbocycles. The molecule has 1 aromatic carbocycles. The predicted molar refractivity (Wildman–Crippen MR) is 106 cm³/mol. The van der Waals surface area contributed by atoms with E-state index >= 15 is 0 Å². The molecule has 0 radical (unpaired) electrons. The summed E-state index contributed by atoms with van der Waals surface area (Å²) in [4.78, 5) is 17.5. The molecule has 152 valence electrons. The monoisotopic (exact) mass is 389 g/mol. The van der Waals surface area contributed by atoms with Crippen molar-refractivity contribution >= 4 is 0 Å². The highest BCUT2D eigenvalue weighted by Crippen LogP contribution is 2.33. The standard InChI is InChI=1S/C21H28FN3O3/c1-3-25-15(2)14-18(27)19(21(25)28)20(16-4-6-17(22)7-5-16)24-10-8-23(9-11-24)12-13-26/h4-7,14,20,26-27H,3,8-13H2,1-2H3. The van der Waals surface area contributed by atoms with Crippen LogP contribution >= 0.6 is 0 Å². The first-order valence-electron chi connectivity index (χ1n) is 9.72. The smallest absolute Gasteiger partial charge is 0.259 e. The van der Waals surface area contributed by atoms with Gasteiger partial charge in [0, 0.05) is 45.0 Å². The van der Waals surface area contributed by atoms with E-state index in [-0.39, 0.29) is 23.7 Å². The maximum atomic E-state index is 13.5. The van der Waals surface area contributed by atoms with Crippen LogP contribution in [-0.4, -0.2) is 63.9 Å². The predicted octanol–water partition coefficient (Wildman–Crippen LogP) is 1.72. The van der Waals surface area contributed by atoms with Crippen LogP contribution in [0, 0.1) is 12.7 Å². The Labute approximate surface area is 164 Å². The lowest BCUT2D eigenvalue weighted by Crippen LogP contribution is -2.49. The molecule has 0 aliphatic carbocycles. The van der Waals surface area contributed by atoms with Crippen LogP contribution in [0.4, 0.5) is 4.39 Å². The average molecular weight is 389 g/mol. The lowest BCUT2D eigenvalue weighted by atomic mass is 9.96. The van der Waals surface area contributed by atoms with Gasteiger partial charge in [0.1, 0.15) is 11.6 Å². The third kappa shape index (κ3) is 4.11. The molecule has 28 heavy (non-hydrogen) atoms. The van der Waals surface area contributed by atoms with Crippen LogP contribution in [-0.2, 0) is 6.54 Å². The van der Waals surface area contributed by atoms with Gasteiger partial charge in [0.25, 0.3) is 5.56 Å². The quantitative estimate of drug-likeness (QED) is 0.787. The fourth-order valence-corrected chi connectivity index (χ4v) is 4.01. The molecular formula is C21H28FN3O3. The normalized spacial score (nSPS) is 17.0. The molecular weight excluding hydrogens is 361 g/mol. The maximum absolute atomic E-state index is 13.5. The Bertz CT molecular complexity index is 858. The number of aromatic hydroxyl groups is 1. The molecule has 0 amide bonds. The van der Waals surface area contributed by atoms with Gasteiger partial charge in [0.15, 0.2) is 0 Å². The van der Waals surface area contributed by atoms with Crippen LogP contribution < -0.4 is 5.56 Å². The number of aliphatic hydroxyl groups is 1. The SMILES string of the molecule is CCn1c(C)cc(O)c(C(c2ccc(F)cc2)N2CCN(CCO)CC2)c1=O. The molecule has 1 aliphatic rings. The van der Waals surface area contributed by atoms with Crippen LogP contribution in [0.15, 0.2) is 35.1 Å². The number of hydrogen-bond acceptors (Lipinski definition) is 5. The van der Waals surface area contributed by atoms with Crippen LogP contribution in [0.5, 0.6) is 5.75 Å². The van der Waals surface area contributed by atoms with Crippen LogP contribution in [0.1, 0.15) is 29.8 Å². The number of aliphatic hydroxyl groups excluding tert-OH is 1. The zero-order valence-electron chi connectivity index (χ0n) is 16.4. The van der Waals surface area contributed by atoms with Crippen molar-refractivity contribution in [1.29, 1.82) is 0 Å². The highest BCUT2D eigenvalue weighted by Gasteiger charge is 2.31. The number of aryl methyl sites for hydroxylation is 1. The first-order valence-corrected chi connectivity index (χ1v) is 9.72. The molecule has 0 bridgehead atoms. The third-order valence-corrected chi connectivity index (χ3v) is 5.49. The van der Waals surface area contributed by atoms with Crippen molar-refractivity contribution in [3.8, 4) is 5.75 Å². The Hall–Kier alpha value is -2.22. The summed E-state index contributed by atoms with van der Waals surface area (Å²) in [5, 5.41) is 19.9. The van der Waals surface area contributed by atoms with Crippen LogP contribution in [0.25, 0.3) is 0 Å². The fraction of sp³-hybridized carbons (Fsp3) is 0.476. The molecule has 1 fully saturated rings. The van der Waals surface area contributed by atoms with Gasteiger partial charge in [-0.3, -0.25) is 14.6 Å². The molecule has 1 atom stereocenters. The van der Waals surface area contributed by atoms with Crippen molar-refractivity contribution in [2.45, 2.75) is 26.4 Å². The van der Waals surface area contributed by atoms with E-state index in [1.54, 1.807) is 29.7 Å². The molecule has 2 aromatic rings. The van der Waals surface area contributed by atoms with E-state index < -0.39 is 6.04 Å². The molecule has 1 unspecified atom stereocenters. The summed E-state index contributed by atoms with van der Waals surface area (Å²) < 4.78 is 15.1. The van der Waals surface area contributed by atoms with Gasteiger partial charge >= 0.3 is 0 Å². The summed E-state index contributed by atoms with van der Waals surface area (Å²) in [6.07, 6.45) is 0. The summed E-state index contributed by atoms with van der Waals surface area (Å²) in [5.74, 6) is -0.367. The van der Waals surface area contributed by atoms with Crippen molar-refractivity contribution in [2.75, 3.05) is 39.3 Å². The second-order valence-corrected chi connectivity index (χ2v) is 7.19. The minimum atomic E-state index is -0.456. The highest BCUT2D eigenvalue weighted by molar-refractivity contribution is 5.41. The number of piperazine rings is 1. The van der Waals surface area contributed by atoms with Gasteiger partial charge in [-0.2, -0.15) is 0 Å². The summed E-state index contributed by atoms with van der Waals surface area (Å²) in [6.45, 7) is 7.82. The lowest BCUT2D eigenvalue weighted by Gasteiger charge is -2.39.